The van der Waals surface area contributed by atoms with E-state index in [0.717, 1.165) is 45.2 Å². The maximum Gasteiger partial charge on any atom is 0.225 e. The minimum absolute atomic E-state index is 0.216. The van der Waals surface area contributed by atoms with Crippen LogP contribution in [0, 0.1) is 11.8 Å². The van der Waals surface area contributed by atoms with Gasteiger partial charge in [0.2, 0.25) is 5.91 Å². The van der Waals surface area contributed by atoms with Crippen LogP contribution < -0.4 is 5.73 Å². The van der Waals surface area contributed by atoms with Gasteiger partial charge in [0.1, 0.15) is 0 Å². The molecule has 0 bridgehead atoms. The van der Waals surface area contributed by atoms with Gasteiger partial charge in [-0.3, -0.25) is 4.79 Å². The van der Waals surface area contributed by atoms with E-state index in [-0.39, 0.29) is 5.92 Å². The van der Waals surface area contributed by atoms with Crippen LogP contribution >= 0.6 is 0 Å². The Hall–Kier alpha value is -0.570. The van der Waals surface area contributed by atoms with Crippen molar-refractivity contribution < 1.29 is 4.79 Å². The predicted molar refractivity (Wildman–Crippen MR) is 71.6 cm³/mol. The van der Waals surface area contributed by atoms with E-state index in [1.165, 1.54) is 0 Å². The van der Waals surface area contributed by atoms with Crippen molar-refractivity contribution in [2.24, 2.45) is 17.6 Å². The zero-order valence-corrected chi connectivity index (χ0v) is 11.6. The molecule has 3 atom stereocenters. The molecule has 3 unspecified atom stereocenters. The predicted octanol–water partition coefficient (Wildman–Crippen LogP) is 2.40. The first-order chi connectivity index (χ1) is 8.10. The van der Waals surface area contributed by atoms with E-state index in [0.29, 0.717) is 17.9 Å². The van der Waals surface area contributed by atoms with Gasteiger partial charge in [0.15, 0.2) is 0 Å². The van der Waals surface area contributed by atoms with Crippen LogP contribution in [0.1, 0.15) is 52.9 Å². The lowest BCUT2D eigenvalue weighted by atomic mass is 9.77. The van der Waals surface area contributed by atoms with Gasteiger partial charge in [0, 0.05) is 25.0 Å². The Morgan fingerprint density at radius 1 is 1.24 bits per heavy atom. The highest BCUT2D eigenvalue weighted by atomic mass is 16.2. The van der Waals surface area contributed by atoms with Gasteiger partial charge < -0.3 is 10.6 Å². The summed E-state index contributed by atoms with van der Waals surface area (Å²) in [4.78, 5) is 14.5. The summed E-state index contributed by atoms with van der Waals surface area (Å²) in [5.41, 5.74) is 5.96. The Labute approximate surface area is 106 Å². The molecule has 1 aliphatic rings. The van der Waals surface area contributed by atoms with Crippen LogP contribution in [-0.4, -0.2) is 29.9 Å². The van der Waals surface area contributed by atoms with Crippen molar-refractivity contribution in [2.45, 2.75) is 58.9 Å². The van der Waals surface area contributed by atoms with Gasteiger partial charge in [-0.25, -0.2) is 0 Å². The number of hydrogen-bond acceptors (Lipinski definition) is 2. The molecule has 2 N–H and O–H groups in total. The number of carbonyl (C=O) groups is 1. The largest absolute Gasteiger partial charge is 0.342 e. The fourth-order valence-electron chi connectivity index (χ4n) is 2.91. The summed E-state index contributed by atoms with van der Waals surface area (Å²) in [5, 5.41) is 0. The first kappa shape index (κ1) is 14.5. The molecule has 0 radical (unpaired) electrons. The lowest BCUT2D eigenvalue weighted by molar-refractivity contribution is -0.138. The molecule has 1 rings (SSSR count). The molecule has 1 amide bonds. The molecule has 1 fully saturated rings. The first-order valence-corrected chi connectivity index (χ1v) is 7.14. The highest BCUT2D eigenvalue weighted by Gasteiger charge is 2.33. The number of nitrogens with two attached hydrogens (primary N) is 1. The van der Waals surface area contributed by atoms with Gasteiger partial charge in [-0.2, -0.15) is 0 Å². The monoisotopic (exact) mass is 240 g/mol. The van der Waals surface area contributed by atoms with Crippen molar-refractivity contribution in [1.29, 1.82) is 0 Å². The fraction of sp³-hybridized carbons (Fsp3) is 0.929. The number of carbonyl (C=O) groups excluding carboxylic acids is 1. The molecule has 3 nitrogen and oxygen atoms in total. The van der Waals surface area contributed by atoms with Gasteiger partial charge in [-0.15, -0.1) is 0 Å². The van der Waals surface area contributed by atoms with Crippen molar-refractivity contribution in [3.8, 4) is 0 Å². The minimum Gasteiger partial charge on any atom is -0.342 e. The van der Waals surface area contributed by atoms with Crippen molar-refractivity contribution in [2.75, 3.05) is 13.1 Å². The quantitative estimate of drug-likeness (QED) is 0.802. The summed E-state index contributed by atoms with van der Waals surface area (Å²) >= 11 is 0. The third kappa shape index (κ3) is 3.98. The second kappa shape index (κ2) is 7.00. The summed E-state index contributed by atoms with van der Waals surface area (Å²) in [6.07, 6.45) is 5.08. The maximum absolute atomic E-state index is 12.5. The summed E-state index contributed by atoms with van der Waals surface area (Å²) in [6, 6.07) is 0.305. The molecule has 1 saturated carbocycles. The van der Waals surface area contributed by atoms with Crippen molar-refractivity contribution >= 4 is 5.91 Å². The molecule has 0 saturated heterocycles. The average Bonchev–Trinajstić information content (AvgIpc) is 2.28. The van der Waals surface area contributed by atoms with Gasteiger partial charge in [0.25, 0.3) is 0 Å². The Morgan fingerprint density at radius 3 is 2.29 bits per heavy atom. The average molecular weight is 240 g/mol. The molecule has 3 heteroatoms. The lowest BCUT2D eigenvalue weighted by Gasteiger charge is -2.35. The van der Waals surface area contributed by atoms with Gasteiger partial charge in [0.05, 0.1) is 0 Å². The highest BCUT2D eigenvalue weighted by Crippen LogP contribution is 2.30. The second-order valence-corrected chi connectivity index (χ2v) is 5.48. The van der Waals surface area contributed by atoms with Gasteiger partial charge in [-0.05, 0) is 38.0 Å². The maximum atomic E-state index is 12.5. The third-order valence-corrected chi connectivity index (χ3v) is 3.83. The molecular formula is C14H28N2O. The van der Waals surface area contributed by atoms with Gasteiger partial charge in [-0.1, -0.05) is 20.8 Å². The lowest BCUT2D eigenvalue weighted by Crippen LogP contribution is -2.43. The van der Waals surface area contributed by atoms with Crippen LogP contribution in [0.4, 0.5) is 0 Å². The zero-order chi connectivity index (χ0) is 12.8. The van der Waals surface area contributed by atoms with Crippen LogP contribution in [-0.2, 0) is 4.79 Å². The van der Waals surface area contributed by atoms with Crippen molar-refractivity contribution in [3.05, 3.63) is 0 Å². The smallest absolute Gasteiger partial charge is 0.225 e. The summed E-state index contributed by atoms with van der Waals surface area (Å²) < 4.78 is 0. The van der Waals surface area contributed by atoms with E-state index in [4.69, 9.17) is 5.73 Å². The van der Waals surface area contributed by atoms with Crippen LogP contribution in [0.15, 0.2) is 0 Å². The van der Waals surface area contributed by atoms with Crippen molar-refractivity contribution in [1.82, 2.24) is 4.90 Å². The topological polar surface area (TPSA) is 46.3 Å². The summed E-state index contributed by atoms with van der Waals surface area (Å²) in [7, 11) is 0. The second-order valence-electron chi connectivity index (χ2n) is 5.48. The molecule has 0 aromatic carbocycles. The van der Waals surface area contributed by atoms with E-state index in [9.17, 15) is 4.79 Å². The number of hydrogen-bond donors (Lipinski definition) is 1. The van der Waals surface area contributed by atoms with Crippen LogP contribution in [0.25, 0.3) is 0 Å². The van der Waals surface area contributed by atoms with Crippen molar-refractivity contribution in [3.63, 3.8) is 0 Å². The molecule has 0 aromatic heterocycles. The van der Waals surface area contributed by atoms with Crippen LogP contribution in [0.2, 0.25) is 0 Å². The third-order valence-electron chi connectivity index (χ3n) is 3.83. The summed E-state index contributed by atoms with van der Waals surface area (Å²) in [6.45, 7) is 8.26. The van der Waals surface area contributed by atoms with E-state index in [1.54, 1.807) is 0 Å². The fourth-order valence-corrected chi connectivity index (χ4v) is 2.91. The Balaban J connectivity index is 2.59. The summed E-state index contributed by atoms with van der Waals surface area (Å²) in [5.74, 6) is 1.03. The molecule has 0 spiro atoms. The number of amides is 1. The van der Waals surface area contributed by atoms with Crippen LogP contribution in [0.5, 0.6) is 0 Å². The molecule has 17 heavy (non-hydrogen) atoms. The number of rotatable bonds is 5. The molecule has 0 aliphatic heterocycles. The molecule has 1 aliphatic carbocycles. The molecule has 100 valence electrons. The van der Waals surface area contributed by atoms with Crippen LogP contribution in [0.3, 0.4) is 0 Å². The van der Waals surface area contributed by atoms with E-state index >= 15 is 0 Å². The molecule has 0 aromatic rings. The van der Waals surface area contributed by atoms with E-state index in [2.05, 4.69) is 25.7 Å². The zero-order valence-electron chi connectivity index (χ0n) is 11.6. The first-order valence-electron chi connectivity index (χ1n) is 7.14. The standard InChI is InChI=1S/C14H28N2O/c1-4-8-16(9-5-2)14(17)13-7-6-12(15)10-11(13)3/h11-13H,4-10,15H2,1-3H3. The van der Waals surface area contributed by atoms with Gasteiger partial charge >= 0.3 is 0 Å². The Kier molecular flexibility index (Phi) is 5.96. The minimum atomic E-state index is 0.216. The number of nitrogens with zero attached hydrogens (tertiary/aromatic N) is 1. The highest BCUT2D eigenvalue weighted by molar-refractivity contribution is 5.79. The Bertz CT molecular complexity index is 236. The Morgan fingerprint density at radius 2 is 1.82 bits per heavy atom. The normalized spacial score (nSPS) is 29.1. The van der Waals surface area contributed by atoms with E-state index < -0.39 is 0 Å². The van der Waals surface area contributed by atoms with E-state index in [1.807, 2.05) is 0 Å². The SMILES string of the molecule is CCCN(CCC)C(=O)C1CCC(N)CC1C. The molecule has 0 heterocycles. The molecular weight excluding hydrogens is 212 g/mol.